The van der Waals surface area contributed by atoms with E-state index in [-0.39, 0.29) is 35.9 Å². The quantitative estimate of drug-likeness (QED) is 0.354. The van der Waals surface area contributed by atoms with Gasteiger partial charge < -0.3 is 15.5 Å². The van der Waals surface area contributed by atoms with Crippen LogP contribution in [-0.4, -0.2) is 42.4 Å². The highest BCUT2D eigenvalue weighted by molar-refractivity contribution is 14.0. The van der Waals surface area contributed by atoms with Gasteiger partial charge in [-0.2, -0.15) is 0 Å². The molecule has 6 heteroatoms. The van der Waals surface area contributed by atoms with Gasteiger partial charge in [0.25, 0.3) is 0 Å². The molecule has 1 saturated heterocycles. The molecule has 1 aromatic rings. The summed E-state index contributed by atoms with van der Waals surface area (Å²) in [6.07, 6.45) is 6.85. The first-order valence-corrected chi connectivity index (χ1v) is 11.0. The maximum Gasteiger partial charge on any atom is 0.225 e. The van der Waals surface area contributed by atoms with E-state index in [1.165, 1.54) is 36.0 Å². The second-order valence-electron chi connectivity index (χ2n) is 8.37. The molecule has 1 heterocycles. The van der Waals surface area contributed by atoms with Crippen LogP contribution in [0.1, 0.15) is 62.1 Å². The summed E-state index contributed by atoms with van der Waals surface area (Å²) >= 11 is 0. The van der Waals surface area contributed by atoms with Crippen molar-refractivity contribution in [3.63, 3.8) is 0 Å². The van der Waals surface area contributed by atoms with E-state index >= 15 is 0 Å². The molecule has 2 aliphatic rings. The standard InChI is InChI=1S/C23H36N4O.HI/c1-4-24-23(25-15-20-11-10-17(2)14-18(20)3)26-21-12-13-27(16-21)22(28)19-8-6-5-7-9-19;/h10-11,14,19,21H,4-9,12-13,15-16H2,1-3H3,(H2,24,25,26);1H. The Kier molecular flexibility index (Phi) is 9.72. The molecule has 1 saturated carbocycles. The van der Waals surface area contributed by atoms with Crippen molar-refractivity contribution in [3.05, 3.63) is 34.9 Å². The minimum Gasteiger partial charge on any atom is -0.357 e. The molecule has 0 bridgehead atoms. The van der Waals surface area contributed by atoms with Crippen molar-refractivity contribution >= 4 is 35.8 Å². The zero-order valence-corrected chi connectivity index (χ0v) is 20.5. The molecule has 2 fully saturated rings. The van der Waals surface area contributed by atoms with E-state index in [1.807, 2.05) is 0 Å². The van der Waals surface area contributed by atoms with Gasteiger partial charge in [-0.15, -0.1) is 24.0 Å². The van der Waals surface area contributed by atoms with Crippen molar-refractivity contribution in [2.24, 2.45) is 10.9 Å². The van der Waals surface area contributed by atoms with Gasteiger partial charge >= 0.3 is 0 Å². The van der Waals surface area contributed by atoms with Gasteiger partial charge in [0.2, 0.25) is 5.91 Å². The lowest BCUT2D eigenvalue weighted by atomic mass is 9.88. The second-order valence-corrected chi connectivity index (χ2v) is 8.37. The zero-order chi connectivity index (χ0) is 19.9. The summed E-state index contributed by atoms with van der Waals surface area (Å²) < 4.78 is 0. The fourth-order valence-corrected chi connectivity index (χ4v) is 4.39. The van der Waals surface area contributed by atoms with Gasteiger partial charge in [0.05, 0.1) is 6.54 Å². The SMILES string of the molecule is CCNC(=NCc1ccc(C)cc1C)NC1CCN(C(=O)C2CCCCC2)C1.I. The smallest absolute Gasteiger partial charge is 0.225 e. The van der Waals surface area contributed by atoms with E-state index in [2.05, 4.69) is 54.5 Å². The molecule has 3 rings (SSSR count). The predicted molar refractivity (Wildman–Crippen MR) is 131 cm³/mol. The number of nitrogens with zero attached hydrogens (tertiary/aromatic N) is 2. The van der Waals surface area contributed by atoms with Crippen molar-refractivity contribution in [2.45, 2.75) is 71.9 Å². The number of carbonyl (C=O) groups is 1. The third-order valence-corrected chi connectivity index (χ3v) is 6.05. The summed E-state index contributed by atoms with van der Waals surface area (Å²) in [6.45, 7) is 9.50. The molecule has 5 nitrogen and oxygen atoms in total. The maximum absolute atomic E-state index is 12.8. The van der Waals surface area contributed by atoms with E-state index < -0.39 is 0 Å². The number of carbonyl (C=O) groups excluding carboxylic acids is 1. The number of nitrogens with one attached hydrogen (secondary N) is 2. The summed E-state index contributed by atoms with van der Waals surface area (Å²) in [6, 6.07) is 6.79. The first kappa shape index (κ1) is 24.0. The summed E-state index contributed by atoms with van der Waals surface area (Å²) in [5.74, 6) is 1.49. The van der Waals surface area contributed by atoms with E-state index in [4.69, 9.17) is 4.99 Å². The first-order valence-electron chi connectivity index (χ1n) is 11.0. The minimum atomic E-state index is 0. The van der Waals surface area contributed by atoms with Crippen LogP contribution in [0.15, 0.2) is 23.2 Å². The van der Waals surface area contributed by atoms with Gasteiger partial charge in [-0.3, -0.25) is 4.79 Å². The molecular formula is C23H37IN4O. The number of guanidine groups is 1. The van der Waals surface area contributed by atoms with Gasteiger partial charge in [0, 0.05) is 31.6 Å². The Morgan fingerprint density at radius 3 is 2.62 bits per heavy atom. The van der Waals surface area contributed by atoms with Gasteiger partial charge in [-0.25, -0.2) is 4.99 Å². The highest BCUT2D eigenvalue weighted by atomic mass is 127. The molecule has 0 aromatic heterocycles. The van der Waals surface area contributed by atoms with Gasteiger partial charge in [-0.1, -0.05) is 43.0 Å². The molecular weight excluding hydrogens is 475 g/mol. The Hall–Kier alpha value is -1.31. The molecule has 2 N–H and O–H groups in total. The highest BCUT2D eigenvalue weighted by Gasteiger charge is 2.31. The largest absolute Gasteiger partial charge is 0.357 e. The van der Waals surface area contributed by atoms with Gasteiger partial charge in [0.1, 0.15) is 0 Å². The summed E-state index contributed by atoms with van der Waals surface area (Å²) in [5.41, 5.74) is 3.82. The van der Waals surface area contributed by atoms with Crippen LogP contribution >= 0.6 is 24.0 Å². The molecule has 1 aromatic carbocycles. The van der Waals surface area contributed by atoms with Crippen LogP contribution in [0.25, 0.3) is 0 Å². The monoisotopic (exact) mass is 512 g/mol. The van der Waals surface area contributed by atoms with Crippen molar-refractivity contribution < 1.29 is 4.79 Å². The summed E-state index contributed by atoms with van der Waals surface area (Å²) in [7, 11) is 0. The number of hydrogen-bond acceptors (Lipinski definition) is 2. The summed E-state index contributed by atoms with van der Waals surface area (Å²) in [5, 5.41) is 6.90. The molecule has 1 atom stereocenters. The van der Waals surface area contributed by atoms with Crippen molar-refractivity contribution in [1.29, 1.82) is 0 Å². The van der Waals surface area contributed by atoms with Crippen LogP contribution in [0.2, 0.25) is 0 Å². The van der Waals surface area contributed by atoms with E-state index in [1.54, 1.807) is 0 Å². The van der Waals surface area contributed by atoms with Crippen molar-refractivity contribution in [3.8, 4) is 0 Å². The van der Waals surface area contributed by atoms with E-state index in [9.17, 15) is 4.79 Å². The van der Waals surface area contributed by atoms with Crippen LogP contribution in [0.5, 0.6) is 0 Å². The fourth-order valence-electron chi connectivity index (χ4n) is 4.39. The average Bonchev–Trinajstić information content (AvgIpc) is 3.16. The second kappa shape index (κ2) is 11.8. The van der Waals surface area contributed by atoms with Crippen molar-refractivity contribution in [1.82, 2.24) is 15.5 Å². The van der Waals surface area contributed by atoms with E-state index in [0.29, 0.717) is 12.5 Å². The Morgan fingerprint density at radius 1 is 1.17 bits per heavy atom. The molecule has 0 radical (unpaired) electrons. The minimum absolute atomic E-state index is 0. The Balaban J connectivity index is 0.00000300. The van der Waals surface area contributed by atoms with Crippen LogP contribution in [0.3, 0.4) is 0 Å². The third-order valence-electron chi connectivity index (χ3n) is 6.05. The fraction of sp³-hybridized carbons (Fsp3) is 0.652. The topological polar surface area (TPSA) is 56.7 Å². The summed E-state index contributed by atoms with van der Waals surface area (Å²) in [4.78, 5) is 19.6. The van der Waals surface area contributed by atoms with Gasteiger partial charge in [0.15, 0.2) is 5.96 Å². The lowest BCUT2D eigenvalue weighted by molar-refractivity contribution is -0.135. The van der Waals surface area contributed by atoms with Crippen LogP contribution in [0, 0.1) is 19.8 Å². The lowest BCUT2D eigenvalue weighted by Crippen LogP contribution is -2.45. The average molecular weight is 512 g/mol. The zero-order valence-electron chi connectivity index (χ0n) is 18.2. The number of rotatable bonds is 5. The normalized spacial score (nSPS) is 20.3. The van der Waals surface area contributed by atoms with Gasteiger partial charge in [-0.05, 0) is 51.2 Å². The Labute approximate surface area is 193 Å². The number of hydrogen-bond donors (Lipinski definition) is 2. The Bertz CT molecular complexity index is 700. The molecule has 1 aliphatic carbocycles. The molecule has 1 unspecified atom stereocenters. The molecule has 162 valence electrons. The number of likely N-dealkylation sites (tertiary alicyclic amines) is 1. The Morgan fingerprint density at radius 2 is 1.93 bits per heavy atom. The number of aryl methyl sites for hydroxylation is 2. The van der Waals surface area contributed by atoms with Crippen molar-refractivity contribution in [2.75, 3.05) is 19.6 Å². The first-order chi connectivity index (χ1) is 13.6. The number of benzene rings is 1. The highest BCUT2D eigenvalue weighted by Crippen LogP contribution is 2.26. The number of halogens is 1. The number of amides is 1. The molecule has 29 heavy (non-hydrogen) atoms. The third kappa shape index (κ3) is 6.86. The molecule has 1 amide bonds. The molecule has 0 spiro atoms. The lowest BCUT2D eigenvalue weighted by Gasteiger charge is -2.26. The van der Waals surface area contributed by atoms with Crippen LogP contribution in [-0.2, 0) is 11.3 Å². The van der Waals surface area contributed by atoms with Crippen LogP contribution < -0.4 is 10.6 Å². The predicted octanol–water partition coefficient (Wildman–Crippen LogP) is 4.16. The molecule has 1 aliphatic heterocycles. The van der Waals surface area contributed by atoms with Crippen LogP contribution in [0.4, 0.5) is 0 Å². The maximum atomic E-state index is 12.8. The van der Waals surface area contributed by atoms with E-state index in [0.717, 1.165) is 44.9 Å². The number of aliphatic imine (C=N–C) groups is 1.